The molecular formula is C14H16Cl2N4O3. The summed E-state index contributed by atoms with van der Waals surface area (Å²) in [6.07, 6.45) is 0. The molecule has 0 saturated carbocycles. The predicted molar refractivity (Wildman–Crippen MR) is 86.4 cm³/mol. The Morgan fingerprint density at radius 3 is 3.09 bits per heavy atom. The summed E-state index contributed by atoms with van der Waals surface area (Å²) in [7, 11) is 0. The predicted octanol–water partition coefficient (Wildman–Crippen LogP) is 1.42. The zero-order valence-electron chi connectivity index (χ0n) is 12.1. The molecule has 23 heavy (non-hydrogen) atoms. The molecule has 0 aliphatic carbocycles. The van der Waals surface area contributed by atoms with E-state index in [0.29, 0.717) is 36.5 Å². The molecular weight excluding hydrogens is 343 g/mol. The lowest BCUT2D eigenvalue weighted by molar-refractivity contribution is -0.126. The van der Waals surface area contributed by atoms with Gasteiger partial charge in [0.05, 0.1) is 19.8 Å². The third-order valence-corrected chi connectivity index (χ3v) is 3.44. The van der Waals surface area contributed by atoms with Crippen LogP contribution >= 0.6 is 24.0 Å². The molecule has 1 saturated heterocycles. The largest absolute Gasteiger partial charge is 0.378 e. The van der Waals surface area contributed by atoms with E-state index >= 15 is 0 Å². The molecule has 0 radical (unpaired) electrons. The molecule has 2 heterocycles. The van der Waals surface area contributed by atoms with Crippen LogP contribution in [0.15, 0.2) is 28.8 Å². The van der Waals surface area contributed by atoms with Crippen molar-refractivity contribution in [3.8, 4) is 11.4 Å². The molecule has 1 aliphatic rings. The molecule has 0 spiro atoms. The fourth-order valence-electron chi connectivity index (χ4n) is 2.09. The van der Waals surface area contributed by atoms with Crippen molar-refractivity contribution < 1.29 is 14.1 Å². The van der Waals surface area contributed by atoms with Gasteiger partial charge in [-0.15, -0.1) is 12.4 Å². The third kappa shape index (κ3) is 4.65. The van der Waals surface area contributed by atoms with Crippen molar-refractivity contribution in [2.45, 2.75) is 12.6 Å². The van der Waals surface area contributed by atoms with Gasteiger partial charge in [-0.05, 0) is 12.1 Å². The minimum atomic E-state index is -0.343. The Kier molecular flexibility index (Phi) is 6.35. The van der Waals surface area contributed by atoms with Gasteiger partial charge in [0, 0.05) is 17.1 Å². The maximum absolute atomic E-state index is 11.9. The molecule has 1 aromatic heterocycles. The molecule has 2 N–H and O–H groups in total. The zero-order valence-corrected chi connectivity index (χ0v) is 13.7. The van der Waals surface area contributed by atoms with Crippen molar-refractivity contribution in [2.24, 2.45) is 0 Å². The van der Waals surface area contributed by atoms with E-state index in [1.165, 1.54) is 0 Å². The average molecular weight is 359 g/mol. The van der Waals surface area contributed by atoms with Crippen LogP contribution in [0.4, 0.5) is 0 Å². The van der Waals surface area contributed by atoms with E-state index in [1.807, 2.05) is 12.1 Å². The fraction of sp³-hybridized carbons (Fsp3) is 0.357. The topological polar surface area (TPSA) is 89.3 Å². The van der Waals surface area contributed by atoms with E-state index in [2.05, 4.69) is 20.8 Å². The summed E-state index contributed by atoms with van der Waals surface area (Å²) in [5.74, 6) is 0.619. The normalized spacial score (nSPS) is 17.3. The molecule has 1 atom stereocenters. The number of carbonyl (C=O) groups is 1. The molecule has 1 unspecified atom stereocenters. The van der Waals surface area contributed by atoms with Gasteiger partial charge < -0.3 is 19.9 Å². The van der Waals surface area contributed by atoms with Gasteiger partial charge in [-0.2, -0.15) is 4.98 Å². The number of carbonyl (C=O) groups excluding carboxylic acids is 1. The second-order valence-electron chi connectivity index (χ2n) is 4.82. The van der Waals surface area contributed by atoms with E-state index < -0.39 is 0 Å². The van der Waals surface area contributed by atoms with Crippen molar-refractivity contribution in [1.82, 2.24) is 20.8 Å². The quantitative estimate of drug-likeness (QED) is 0.858. The van der Waals surface area contributed by atoms with Crippen LogP contribution in [-0.4, -0.2) is 41.8 Å². The van der Waals surface area contributed by atoms with E-state index in [-0.39, 0.29) is 30.9 Å². The van der Waals surface area contributed by atoms with Crippen LogP contribution < -0.4 is 10.6 Å². The first-order valence-corrected chi connectivity index (χ1v) is 7.27. The highest BCUT2D eigenvalue weighted by Gasteiger charge is 2.21. The Morgan fingerprint density at radius 2 is 2.35 bits per heavy atom. The van der Waals surface area contributed by atoms with Crippen molar-refractivity contribution in [2.75, 3.05) is 19.8 Å². The number of nitrogens with one attached hydrogen (secondary N) is 2. The Morgan fingerprint density at radius 1 is 1.48 bits per heavy atom. The summed E-state index contributed by atoms with van der Waals surface area (Å²) in [4.78, 5) is 16.2. The molecule has 124 valence electrons. The highest BCUT2D eigenvalue weighted by molar-refractivity contribution is 6.30. The van der Waals surface area contributed by atoms with Crippen LogP contribution in [0.3, 0.4) is 0 Å². The number of nitrogens with zero attached hydrogens (tertiary/aromatic N) is 2. The number of amides is 1. The summed E-state index contributed by atoms with van der Waals surface area (Å²) in [6, 6.07) is 6.82. The summed E-state index contributed by atoms with van der Waals surface area (Å²) < 4.78 is 10.4. The molecule has 3 rings (SSSR count). The van der Waals surface area contributed by atoms with Crippen molar-refractivity contribution >= 4 is 29.9 Å². The number of hydrogen-bond donors (Lipinski definition) is 2. The molecule has 1 aliphatic heterocycles. The molecule has 0 bridgehead atoms. The van der Waals surface area contributed by atoms with Crippen LogP contribution in [0.2, 0.25) is 5.02 Å². The number of rotatable bonds is 4. The van der Waals surface area contributed by atoms with Gasteiger partial charge in [-0.1, -0.05) is 28.9 Å². The second kappa shape index (κ2) is 8.26. The van der Waals surface area contributed by atoms with Crippen LogP contribution in [-0.2, 0) is 16.1 Å². The first kappa shape index (κ1) is 17.7. The van der Waals surface area contributed by atoms with E-state index in [1.54, 1.807) is 12.1 Å². The van der Waals surface area contributed by atoms with Gasteiger partial charge in [-0.3, -0.25) is 4.79 Å². The van der Waals surface area contributed by atoms with Crippen molar-refractivity contribution in [3.05, 3.63) is 35.2 Å². The standard InChI is InChI=1S/C14H15ClN4O3.ClH/c15-10-3-1-2-9(6-10)13-18-12(22-19-13)7-17-14(20)11-8-21-5-4-16-11;/h1-3,6,11,16H,4-5,7-8H2,(H,17,20);1H. The molecule has 1 aromatic carbocycles. The maximum atomic E-state index is 11.9. The highest BCUT2D eigenvalue weighted by atomic mass is 35.5. The fourth-order valence-corrected chi connectivity index (χ4v) is 2.28. The van der Waals surface area contributed by atoms with E-state index in [0.717, 1.165) is 5.56 Å². The molecule has 9 heteroatoms. The molecule has 1 amide bonds. The Balaban J connectivity index is 0.00000192. The first-order valence-electron chi connectivity index (χ1n) is 6.90. The molecule has 1 fully saturated rings. The lowest BCUT2D eigenvalue weighted by Crippen LogP contribution is -2.51. The zero-order chi connectivity index (χ0) is 15.4. The summed E-state index contributed by atoms with van der Waals surface area (Å²) >= 11 is 5.93. The van der Waals surface area contributed by atoms with Gasteiger partial charge in [0.2, 0.25) is 17.6 Å². The highest BCUT2D eigenvalue weighted by Crippen LogP contribution is 2.19. The van der Waals surface area contributed by atoms with E-state index in [9.17, 15) is 4.79 Å². The monoisotopic (exact) mass is 358 g/mol. The Hall–Kier alpha value is -1.67. The van der Waals surface area contributed by atoms with Crippen LogP contribution in [0.1, 0.15) is 5.89 Å². The van der Waals surface area contributed by atoms with E-state index in [4.69, 9.17) is 20.9 Å². The summed E-state index contributed by atoms with van der Waals surface area (Å²) in [5.41, 5.74) is 0.760. The maximum Gasteiger partial charge on any atom is 0.246 e. The third-order valence-electron chi connectivity index (χ3n) is 3.20. The van der Waals surface area contributed by atoms with Gasteiger partial charge in [-0.25, -0.2) is 0 Å². The van der Waals surface area contributed by atoms with Crippen LogP contribution in [0.25, 0.3) is 11.4 Å². The number of benzene rings is 1. The Bertz CT molecular complexity index is 659. The number of ether oxygens (including phenoxy) is 1. The van der Waals surface area contributed by atoms with Gasteiger partial charge in [0.25, 0.3) is 0 Å². The lowest BCUT2D eigenvalue weighted by Gasteiger charge is -2.22. The minimum Gasteiger partial charge on any atom is -0.378 e. The van der Waals surface area contributed by atoms with Crippen molar-refractivity contribution in [3.63, 3.8) is 0 Å². The first-order chi connectivity index (χ1) is 10.7. The Labute approximate surface area is 144 Å². The minimum absolute atomic E-state index is 0. The summed E-state index contributed by atoms with van der Waals surface area (Å²) in [5, 5.41) is 10.3. The van der Waals surface area contributed by atoms with Crippen molar-refractivity contribution in [1.29, 1.82) is 0 Å². The molecule has 2 aromatic rings. The second-order valence-corrected chi connectivity index (χ2v) is 5.26. The van der Waals surface area contributed by atoms with Gasteiger partial charge in [0.1, 0.15) is 6.04 Å². The number of halogens is 2. The van der Waals surface area contributed by atoms with Crippen LogP contribution in [0, 0.1) is 0 Å². The van der Waals surface area contributed by atoms with Gasteiger partial charge in [0.15, 0.2) is 0 Å². The average Bonchev–Trinajstić information content (AvgIpc) is 3.02. The lowest BCUT2D eigenvalue weighted by atomic mass is 10.2. The summed E-state index contributed by atoms with van der Waals surface area (Å²) in [6.45, 7) is 1.82. The number of aromatic nitrogens is 2. The van der Waals surface area contributed by atoms with Crippen LogP contribution in [0.5, 0.6) is 0 Å². The SMILES string of the molecule is Cl.O=C(NCc1nc(-c2cccc(Cl)c2)no1)C1COCCN1. The number of morpholine rings is 1. The molecule has 7 nitrogen and oxygen atoms in total. The number of hydrogen-bond acceptors (Lipinski definition) is 6. The smallest absolute Gasteiger partial charge is 0.246 e. The van der Waals surface area contributed by atoms with Gasteiger partial charge >= 0.3 is 0 Å².